The van der Waals surface area contributed by atoms with Gasteiger partial charge in [0.15, 0.2) is 0 Å². The highest BCUT2D eigenvalue weighted by Gasteiger charge is 2.46. The number of aliphatic hydroxyl groups is 1. The second kappa shape index (κ2) is 6.79. The molecule has 0 aromatic carbocycles. The van der Waals surface area contributed by atoms with Crippen LogP contribution in [-0.4, -0.2) is 67.8 Å². The van der Waals surface area contributed by atoms with Gasteiger partial charge in [0.25, 0.3) is 5.91 Å². The lowest BCUT2D eigenvalue weighted by Crippen LogP contribution is -2.60. The van der Waals surface area contributed by atoms with Crippen molar-refractivity contribution in [3.8, 4) is 0 Å². The molecule has 1 N–H and O–H groups in total. The summed E-state index contributed by atoms with van der Waals surface area (Å²) in [5.41, 5.74) is 0. The van der Waals surface area contributed by atoms with Crippen molar-refractivity contribution in [2.24, 2.45) is 0 Å². The van der Waals surface area contributed by atoms with E-state index in [2.05, 4.69) is 0 Å². The van der Waals surface area contributed by atoms with Gasteiger partial charge in [-0.2, -0.15) is 0 Å². The lowest BCUT2D eigenvalue weighted by molar-refractivity contribution is -0.432. The molecule has 0 unspecified atom stereocenters. The minimum Gasteiger partial charge on any atom is -0.388 e. The Balaban J connectivity index is 2.06. The highest BCUT2D eigenvalue weighted by Crippen LogP contribution is 2.27. The van der Waals surface area contributed by atoms with Crippen LogP contribution >= 0.6 is 0 Å². The Labute approximate surface area is 117 Å². The molecule has 2 aliphatic heterocycles. The average molecular weight is 291 g/mol. The predicted molar refractivity (Wildman–Crippen MR) is 65.1 cm³/mol. The molecule has 0 spiro atoms. The molecule has 0 aromatic heterocycles. The number of carbonyl (C=O) groups is 1. The first-order valence-electron chi connectivity index (χ1n) is 6.60. The topological polar surface area (TPSA) is 86.7 Å². The smallest absolute Gasteiger partial charge is 0.273 e. The van der Waals surface area contributed by atoms with E-state index in [0.717, 1.165) is 5.23 Å². The van der Waals surface area contributed by atoms with Crippen LogP contribution in [0.5, 0.6) is 0 Å². The Kier molecular flexibility index (Phi) is 5.30. The highest BCUT2D eigenvalue weighted by atomic mass is 17.0. The van der Waals surface area contributed by atoms with E-state index >= 15 is 0 Å². The fourth-order valence-corrected chi connectivity index (χ4v) is 2.31. The van der Waals surface area contributed by atoms with Crippen LogP contribution in [0.1, 0.15) is 19.8 Å². The molecule has 0 aromatic rings. The number of hydroxylamine groups is 2. The standard InChI is InChI=1S/C12H21NO7/c1-7-9(15)10(16-2)11(17-3)12(19-7)20-13-8(14)5-4-6-18-13/h7,9-12,15H,4-6H2,1-3H3/t7-,9-,10+,11+,12-/m0/s1. The molecule has 0 bridgehead atoms. The molecule has 8 nitrogen and oxygen atoms in total. The zero-order chi connectivity index (χ0) is 14.7. The molecule has 20 heavy (non-hydrogen) atoms. The van der Waals surface area contributed by atoms with Gasteiger partial charge < -0.3 is 19.3 Å². The molecule has 2 heterocycles. The first-order chi connectivity index (χ1) is 9.58. The lowest BCUT2D eigenvalue weighted by atomic mass is 10.00. The number of ether oxygens (including phenoxy) is 3. The number of rotatable bonds is 4. The zero-order valence-electron chi connectivity index (χ0n) is 11.9. The van der Waals surface area contributed by atoms with Gasteiger partial charge in [-0.25, -0.2) is 9.68 Å². The third-order valence-corrected chi connectivity index (χ3v) is 3.45. The molecule has 8 heteroatoms. The summed E-state index contributed by atoms with van der Waals surface area (Å²) < 4.78 is 16.1. The Morgan fingerprint density at radius 1 is 1.30 bits per heavy atom. The minimum atomic E-state index is -0.898. The van der Waals surface area contributed by atoms with E-state index in [1.54, 1.807) is 6.92 Å². The third kappa shape index (κ3) is 3.11. The highest BCUT2D eigenvalue weighted by molar-refractivity contribution is 5.74. The third-order valence-electron chi connectivity index (χ3n) is 3.45. The average Bonchev–Trinajstić information content (AvgIpc) is 2.44. The van der Waals surface area contributed by atoms with Crippen LogP contribution in [0.2, 0.25) is 0 Å². The first-order valence-corrected chi connectivity index (χ1v) is 6.60. The summed E-state index contributed by atoms with van der Waals surface area (Å²) in [5.74, 6) is -0.276. The summed E-state index contributed by atoms with van der Waals surface area (Å²) in [7, 11) is 2.93. The summed E-state index contributed by atoms with van der Waals surface area (Å²) in [6, 6.07) is 0. The Morgan fingerprint density at radius 2 is 2.00 bits per heavy atom. The number of hydrogen-bond donors (Lipinski definition) is 1. The monoisotopic (exact) mass is 291 g/mol. The van der Waals surface area contributed by atoms with Crippen molar-refractivity contribution in [2.45, 2.75) is 50.5 Å². The van der Waals surface area contributed by atoms with Gasteiger partial charge in [0.1, 0.15) is 18.3 Å². The minimum absolute atomic E-state index is 0.276. The molecule has 2 rings (SSSR count). The molecular weight excluding hydrogens is 270 g/mol. The Hall–Kier alpha value is -0.770. The van der Waals surface area contributed by atoms with Crippen molar-refractivity contribution in [2.75, 3.05) is 20.8 Å². The number of carbonyl (C=O) groups excluding carboxylic acids is 1. The van der Waals surface area contributed by atoms with E-state index in [0.29, 0.717) is 19.4 Å². The van der Waals surface area contributed by atoms with Crippen LogP contribution in [-0.2, 0) is 28.7 Å². The van der Waals surface area contributed by atoms with Crippen LogP contribution in [0.3, 0.4) is 0 Å². The normalized spacial score (nSPS) is 39.1. The van der Waals surface area contributed by atoms with Crippen molar-refractivity contribution in [3.63, 3.8) is 0 Å². The SMILES string of the molecule is CO[C@@H]1[C@@H](O)[C@H](C)O[C@@H](ON2OCCCC2=O)[C@@H]1OC. The summed E-state index contributed by atoms with van der Waals surface area (Å²) in [5, 5.41) is 10.8. The van der Waals surface area contributed by atoms with E-state index in [1.165, 1.54) is 14.2 Å². The Morgan fingerprint density at radius 3 is 2.60 bits per heavy atom. The van der Waals surface area contributed by atoms with Crippen molar-refractivity contribution < 1.29 is 33.8 Å². The summed E-state index contributed by atoms with van der Waals surface area (Å²) >= 11 is 0. The molecule has 2 fully saturated rings. The van der Waals surface area contributed by atoms with E-state index in [-0.39, 0.29) is 5.91 Å². The van der Waals surface area contributed by atoms with Gasteiger partial charge in [0.2, 0.25) is 6.29 Å². The summed E-state index contributed by atoms with van der Waals surface area (Å²) in [6.07, 6.45) is -2.54. The lowest BCUT2D eigenvalue weighted by Gasteiger charge is -2.43. The molecule has 1 amide bonds. The molecule has 116 valence electrons. The Bertz CT molecular complexity index is 340. The maximum atomic E-state index is 11.7. The van der Waals surface area contributed by atoms with Crippen molar-refractivity contribution >= 4 is 5.91 Å². The number of hydrogen-bond acceptors (Lipinski definition) is 7. The summed E-state index contributed by atoms with van der Waals surface area (Å²) in [4.78, 5) is 22.2. The summed E-state index contributed by atoms with van der Waals surface area (Å²) in [6.45, 7) is 2.10. The van der Waals surface area contributed by atoms with Crippen molar-refractivity contribution in [3.05, 3.63) is 0 Å². The van der Waals surface area contributed by atoms with E-state index in [9.17, 15) is 9.90 Å². The van der Waals surface area contributed by atoms with Crippen LogP contribution in [0, 0.1) is 0 Å². The molecule has 0 saturated carbocycles. The van der Waals surface area contributed by atoms with Gasteiger partial charge in [-0.15, -0.1) is 0 Å². The second-order valence-electron chi connectivity index (χ2n) is 4.79. The van der Waals surface area contributed by atoms with E-state index in [1.807, 2.05) is 0 Å². The molecular formula is C12H21NO7. The maximum Gasteiger partial charge on any atom is 0.273 e. The first kappa shape index (κ1) is 15.6. The predicted octanol–water partition coefficient (Wildman–Crippen LogP) is -0.392. The number of amides is 1. The number of methoxy groups -OCH3 is 2. The molecule has 2 aliphatic rings. The van der Waals surface area contributed by atoms with Gasteiger partial charge in [0, 0.05) is 20.6 Å². The van der Waals surface area contributed by atoms with Gasteiger partial charge in [-0.05, 0) is 13.3 Å². The maximum absolute atomic E-state index is 11.7. The number of nitrogens with zero attached hydrogens (tertiary/aromatic N) is 1. The fourth-order valence-electron chi connectivity index (χ4n) is 2.31. The fraction of sp³-hybridized carbons (Fsp3) is 0.917. The quantitative estimate of drug-likeness (QED) is 0.754. The largest absolute Gasteiger partial charge is 0.388 e. The van der Waals surface area contributed by atoms with Gasteiger partial charge >= 0.3 is 0 Å². The molecule has 0 aliphatic carbocycles. The van der Waals surface area contributed by atoms with Gasteiger partial charge in [-0.1, -0.05) is 5.23 Å². The molecule has 0 radical (unpaired) electrons. The van der Waals surface area contributed by atoms with Gasteiger partial charge in [-0.3, -0.25) is 4.79 Å². The molecule has 2 saturated heterocycles. The second-order valence-corrected chi connectivity index (χ2v) is 4.79. The van der Waals surface area contributed by atoms with E-state index < -0.39 is 30.7 Å². The van der Waals surface area contributed by atoms with Crippen LogP contribution < -0.4 is 0 Å². The van der Waals surface area contributed by atoms with E-state index in [4.69, 9.17) is 23.9 Å². The number of aliphatic hydroxyl groups excluding tert-OH is 1. The zero-order valence-corrected chi connectivity index (χ0v) is 11.9. The van der Waals surface area contributed by atoms with Gasteiger partial charge in [0.05, 0.1) is 12.7 Å². The van der Waals surface area contributed by atoms with Crippen LogP contribution in [0.25, 0.3) is 0 Å². The molecule has 5 atom stereocenters. The van der Waals surface area contributed by atoms with Crippen molar-refractivity contribution in [1.82, 2.24) is 5.23 Å². The van der Waals surface area contributed by atoms with Crippen molar-refractivity contribution in [1.29, 1.82) is 0 Å². The van der Waals surface area contributed by atoms with Crippen LogP contribution in [0.15, 0.2) is 0 Å². The van der Waals surface area contributed by atoms with Crippen LogP contribution in [0.4, 0.5) is 0 Å².